The van der Waals surface area contributed by atoms with Gasteiger partial charge >= 0.3 is 0 Å². The van der Waals surface area contributed by atoms with Crippen molar-refractivity contribution in [3.05, 3.63) is 95.6 Å². The number of carbonyl (C=O) groups is 2. The number of ether oxygens (including phenoxy) is 3. The number of benzene rings is 3. The van der Waals surface area contributed by atoms with E-state index in [4.69, 9.17) is 24.3 Å². The van der Waals surface area contributed by atoms with Gasteiger partial charge in [0.2, 0.25) is 11.8 Å². The zero-order chi connectivity index (χ0) is 32.1. The minimum absolute atomic E-state index is 0.0246. The van der Waals surface area contributed by atoms with Crippen LogP contribution in [0, 0.1) is 0 Å². The average Bonchev–Trinajstić information content (AvgIpc) is 3.45. The fourth-order valence-corrected chi connectivity index (χ4v) is 7.44. The van der Waals surface area contributed by atoms with Crippen LogP contribution in [0.25, 0.3) is 0 Å². The zero-order valence-corrected chi connectivity index (χ0v) is 26.2. The van der Waals surface area contributed by atoms with E-state index in [1.54, 1.807) is 47.4 Å². The maximum absolute atomic E-state index is 14.8. The van der Waals surface area contributed by atoms with Crippen LogP contribution in [0.1, 0.15) is 35.6 Å². The van der Waals surface area contributed by atoms with Crippen LogP contribution in [0.2, 0.25) is 0 Å². The van der Waals surface area contributed by atoms with Crippen molar-refractivity contribution in [1.82, 2.24) is 9.80 Å². The van der Waals surface area contributed by atoms with Gasteiger partial charge in [-0.15, -0.1) is 0 Å². The first-order valence-corrected chi connectivity index (χ1v) is 17.1. The van der Waals surface area contributed by atoms with Crippen molar-refractivity contribution in [2.75, 3.05) is 51.8 Å². The number of morpholine rings is 1. The molecule has 3 heterocycles. The molecular weight excluding hydrogens is 610 g/mol. The molecule has 0 aliphatic carbocycles. The van der Waals surface area contributed by atoms with E-state index >= 15 is 0 Å². The molecule has 3 aromatic rings. The molecule has 0 saturated carbocycles. The van der Waals surface area contributed by atoms with Gasteiger partial charge in [-0.2, -0.15) is 0 Å². The van der Waals surface area contributed by atoms with Gasteiger partial charge in [-0.1, -0.05) is 42.5 Å². The Morgan fingerprint density at radius 3 is 2.46 bits per heavy atom. The summed E-state index contributed by atoms with van der Waals surface area (Å²) in [5.41, 5.74) is 0.462. The number of aliphatic hydroxyl groups is 1. The number of nitrogens with zero attached hydrogens (tertiary/aromatic N) is 3. The zero-order valence-electron chi connectivity index (χ0n) is 25.4. The molecule has 3 aromatic carbocycles. The lowest BCUT2D eigenvalue weighted by atomic mass is 9.84. The second-order valence-corrected chi connectivity index (χ2v) is 13.6. The van der Waals surface area contributed by atoms with Crippen LogP contribution in [-0.2, 0) is 35.4 Å². The van der Waals surface area contributed by atoms with Crippen LogP contribution in [0.15, 0.2) is 88.8 Å². The van der Waals surface area contributed by atoms with Crippen molar-refractivity contribution < 1.29 is 37.3 Å². The first-order chi connectivity index (χ1) is 22.3. The number of hydrogen-bond donors (Lipinski definition) is 1. The predicted octanol–water partition coefficient (Wildman–Crippen LogP) is 2.77. The van der Waals surface area contributed by atoms with Crippen LogP contribution in [0.4, 0.5) is 0 Å². The molecule has 11 nitrogen and oxygen atoms in total. The van der Waals surface area contributed by atoms with E-state index in [9.17, 15) is 18.0 Å². The van der Waals surface area contributed by atoms with Gasteiger partial charge < -0.3 is 29.1 Å². The number of amides is 2. The third-order valence-corrected chi connectivity index (χ3v) is 10.3. The molecule has 12 heteroatoms. The normalized spacial score (nSPS) is 21.1. The molecule has 0 unspecified atom stereocenters. The third kappa shape index (κ3) is 6.51. The van der Waals surface area contributed by atoms with Gasteiger partial charge in [0.1, 0.15) is 12.3 Å². The molecule has 0 aromatic heterocycles. The number of sulfone groups is 1. The third-order valence-electron chi connectivity index (χ3n) is 8.54. The molecule has 0 bridgehead atoms. The number of aliphatic imine (C=N–C) groups is 1. The van der Waals surface area contributed by atoms with Crippen molar-refractivity contribution >= 4 is 27.5 Å². The summed E-state index contributed by atoms with van der Waals surface area (Å²) in [4.78, 5) is 36.5. The monoisotopic (exact) mass is 647 g/mol. The summed E-state index contributed by atoms with van der Waals surface area (Å²) in [6, 6.07) is 22.6. The Labute approximate surface area is 268 Å². The van der Waals surface area contributed by atoms with Gasteiger partial charge in [-0.3, -0.25) is 9.59 Å². The lowest BCUT2D eigenvalue weighted by Crippen LogP contribution is -2.53. The topological polar surface area (TPSA) is 135 Å². The molecule has 2 amide bonds. The van der Waals surface area contributed by atoms with Crippen LogP contribution in [-0.4, -0.2) is 98.4 Å². The van der Waals surface area contributed by atoms with E-state index < -0.39 is 27.4 Å². The predicted molar refractivity (Wildman–Crippen MR) is 169 cm³/mol. The van der Waals surface area contributed by atoms with Gasteiger partial charge in [0.25, 0.3) is 5.91 Å². The van der Waals surface area contributed by atoms with Crippen LogP contribution in [0.3, 0.4) is 0 Å². The second kappa shape index (κ2) is 13.6. The highest BCUT2D eigenvalue weighted by atomic mass is 32.2. The molecule has 3 aliphatic rings. The quantitative estimate of drug-likeness (QED) is 0.314. The summed E-state index contributed by atoms with van der Waals surface area (Å²) in [6.45, 7) is 2.09. The van der Waals surface area contributed by atoms with E-state index in [1.165, 1.54) is 17.0 Å². The first-order valence-electron chi connectivity index (χ1n) is 15.4. The second-order valence-electron chi connectivity index (χ2n) is 11.5. The molecule has 3 aliphatic heterocycles. The van der Waals surface area contributed by atoms with Crippen molar-refractivity contribution in [1.29, 1.82) is 0 Å². The van der Waals surface area contributed by atoms with Crippen LogP contribution >= 0.6 is 0 Å². The Balaban J connectivity index is 1.39. The Morgan fingerprint density at radius 2 is 1.72 bits per heavy atom. The number of rotatable bonds is 11. The fraction of sp³-hybridized carbons (Fsp3) is 0.382. The summed E-state index contributed by atoms with van der Waals surface area (Å²) in [7, 11) is -3.79. The van der Waals surface area contributed by atoms with Crippen LogP contribution < -0.4 is 4.74 Å². The summed E-state index contributed by atoms with van der Waals surface area (Å²) in [6.07, 6.45) is -0.572. The SMILES string of the molecule is O=C(CN1Cc2ccccc2[C@@H]2OC(c3ccc(OCCCO)cc3)=N[C@]2(CCS(=O)(=O)c2ccccc2)C1=O)N1CCOCC1. The van der Waals surface area contributed by atoms with Crippen molar-refractivity contribution in [2.45, 2.75) is 35.9 Å². The number of carbonyl (C=O) groups excluding carboxylic acids is 2. The van der Waals surface area contributed by atoms with Crippen molar-refractivity contribution in [2.24, 2.45) is 4.99 Å². The minimum Gasteiger partial charge on any atom is -0.494 e. The van der Waals surface area contributed by atoms with E-state index in [0.29, 0.717) is 50.6 Å². The van der Waals surface area contributed by atoms with Gasteiger partial charge in [-0.25, -0.2) is 13.4 Å². The largest absolute Gasteiger partial charge is 0.494 e. The Hall–Kier alpha value is -4.26. The fourth-order valence-electron chi connectivity index (χ4n) is 6.06. The smallest absolute Gasteiger partial charge is 0.255 e. The minimum atomic E-state index is -3.79. The van der Waals surface area contributed by atoms with E-state index in [2.05, 4.69) is 0 Å². The molecule has 242 valence electrons. The highest BCUT2D eigenvalue weighted by molar-refractivity contribution is 7.91. The molecular formula is C34H37N3O8S. The van der Waals surface area contributed by atoms with Crippen molar-refractivity contribution in [3.63, 3.8) is 0 Å². The maximum atomic E-state index is 14.8. The summed E-state index contributed by atoms with van der Waals surface area (Å²) in [5.74, 6) is -0.224. The molecule has 1 saturated heterocycles. The molecule has 1 fully saturated rings. The molecule has 2 atom stereocenters. The Kier molecular flexibility index (Phi) is 9.39. The first kappa shape index (κ1) is 31.7. The highest BCUT2D eigenvalue weighted by Crippen LogP contribution is 2.47. The molecule has 1 N–H and O–H groups in total. The molecule has 6 rings (SSSR count). The number of fused-ring (bicyclic) bond motifs is 3. The summed E-state index contributed by atoms with van der Waals surface area (Å²) in [5, 5.41) is 9.05. The van der Waals surface area contributed by atoms with Gasteiger partial charge in [-0.05, 0) is 42.0 Å². The Morgan fingerprint density at radius 1 is 1.00 bits per heavy atom. The maximum Gasteiger partial charge on any atom is 0.255 e. The molecule has 0 radical (unpaired) electrons. The lowest BCUT2D eigenvalue weighted by Gasteiger charge is -2.34. The number of aliphatic hydroxyl groups excluding tert-OH is 1. The lowest BCUT2D eigenvalue weighted by molar-refractivity contribution is -0.147. The van der Waals surface area contributed by atoms with Gasteiger partial charge in [0.05, 0.1) is 30.5 Å². The standard InChI is InChI=1S/C34H37N3O8S/c38-18-6-19-44-27-13-11-25(12-14-27)32-35-34(15-22-46(41,42)28-8-2-1-3-9-28)31(45-32)29-10-5-4-7-26(29)23-37(33(34)40)24-30(39)36-16-20-43-21-17-36/h1-5,7-14,31,38H,6,15-24H2/t31-,34-/m0/s1. The molecule has 0 spiro atoms. The van der Waals surface area contributed by atoms with Crippen LogP contribution in [0.5, 0.6) is 5.75 Å². The average molecular weight is 648 g/mol. The van der Waals surface area contributed by atoms with E-state index in [0.717, 1.165) is 11.1 Å². The summed E-state index contributed by atoms with van der Waals surface area (Å²) >= 11 is 0. The van der Waals surface area contributed by atoms with E-state index in [-0.39, 0.29) is 48.6 Å². The Bertz CT molecular complexity index is 1690. The van der Waals surface area contributed by atoms with Crippen molar-refractivity contribution in [3.8, 4) is 5.75 Å². The highest BCUT2D eigenvalue weighted by Gasteiger charge is 2.57. The number of hydrogen-bond acceptors (Lipinski definition) is 9. The van der Waals surface area contributed by atoms with E-state index in [1.807, 2.05) is 24.3 Å². The van der Waals surface area contributed by atoms with Gasteiger partial charge in [0, 0.05) is 50.2 Å². The van der Waals surface area contributed by atoms with Gasteiger partial charge in [0.15, 0.2) is 21.5 Å². The summed E-state index contributed by atoms with van der Waals surface area (Å²) < 4.78 is 44.7. The molecule has 46 heavy (non-hydrogen) atoms.